The predicted octanol–water partition coefficient (Wildman–Crippen LogP) is 0.988. The summed E-state index contributed by atoms with van der Waals surface area (Å²) in [5.41, 5.74) is 0. The van der Waals surface area contributed by atoms with Crippen molar-refractivity contribution in [2.24, 2.45) is 0 Å². The average molecular weight is 344 g/mol. The van der Waals surface area contributed by atoms with Gasteiger partial charge in [0.05, 0.1) is 10.1 Å². The van der Waals surface area contributed by atoms with Crippen LogP contribution in [0, 0.1) is 0 Å². The van der Waals surface area contributed by atoms with Crippen LogP contribution in [0.15, 0.2) is 0 Å². The molecule has 128 valence electrons. The molecule has 0 heterocycles. The van der Waals surface area contributed by atoms with E-state index in [0.29, 0.717) is 19.4 Å². The van der Waals surface area contributed by atoms with Gasteiger partial charge in [0.2, 0.25) is 0 Å². The topological polar surface area (TPSA) is 77.4 Å². The van der Waals surface area contributed by atoms with E-state index in [0.717, 1.165) is 38.5 Å². The molecule has 1 unspecified atom stereocenters. The SMILES string of the molecule is CCCC(CCCCCCCCCCCCO)S(=O)(=O)[O-].[Na+]. The van der Waals surface area contributed by atoms with Gasteiger partial charge in [-0.05, 0) is 19.3 Å². The van der Waals surface area contributed by atoms with Gasteiger partial charge in [-0.25, -0.2) is 8.42 Å². The third kappa shape index (κ3) is 15.8. The van der Waals surface area contributed by atoms with Gasteiger partial charge in [-0.1, -0.05) is 71.1 Å². The van der Waals surface area contributed by atoms with Crippen LogP contribution in [-0.2, 0) is 10.1 Å². The van der Waals surface area contributed by atoms with Crippen molar-refractivity contribution in [1.29, 1.82) is 0 Å². The van der Waals surface area contributed by atoms with E-state index >= 15 is 0 Å². The van der Waals surface area contributed by atoms with Crippen molar-refractivity contribution in [3.63, 3.8) is 0 Å². The Morgan fingerprint density at radius 3 is 1.59 bits per heavy atom. The van der Waals surface area contributed by atoms with Gasteiger partial charge >= 0.3 is 29.6 Å². The number of hydrogen-bond acceptors (Lipinski definition) is 4. The Balaban J connectivity index is 0. The molecule has 0 aliphatic rings. The molecule has 22 heavy (non-hydrogen) atoms. The molecule has 1 N–H and O–H groups in total. The quantitative estimate of drug-likeness (QED) is 0.273. The van der Waals surface area contributed by atoms with Crippen LogP contribution in [0.2, 0.25) is 0 Å². The Kier molecular flexibility index (Phi) is 19.1. The zero-order valence-electron chi connectivity index (χ0n) is 14.6. The second-order valence-corrected chi connectivity index (χ2v) is 7.60. The summed E-state index contributed by atoms with van der Waals surface area (Å²) in [5, 5.41) is 7.98. The maximum Gasteiger partial charge on any atom is 1.00 e. The first-order valence-electron chi connectivity index (χ1n) is 8.58. The van der Waals surface area contributed by atoms with Gasteiger partial charge < -0.3 is 9.66 Å². The molecule has 0 aromatic carbocycles. The Bertz CT molecular complexity index is 320. The fourth-order valence-corrected chi connectivity index (χ4v) is 3.63. The molecule has 0 radical (unpaired) electrons. The molecule has 0 aliphatic carbocycles. The van der Waals surface area contributed by atoms with Gasteiger partial charge in [0.1, 0.15) is 0 Å². The van der Waals surface area contributed by atoms with Crippen molar-refractivity contribution in [3.05, 3.63) is 0 Å². The van der Waals surface area contributed by atoms with Gasteiger partial charge in [0, 0.05) is 11.9 Å². The van der Waals surface area contributed by atoms with E-state index in [2.05, 4.69) is 0 Å². The van der Waals surface area contributed by atoms with Gasteiger partial charge in [-0.2, -0.15) is 0 Å². The van der Waals surface area contributed by atoms with Crippen LogP contribution in [-0.4, -0.2) is 29.9 Å². The molecule has 0 bridgehead atoms. The molecular formula is C16H33NaO4S. The Labute approximate surface area is 159 Å². The van der Waals surface area contributed by atoms with Crippen LogP contribution >= 0.6 is 0 Å². The van der Waals surface area contributed by atoms with Gasteiger partial charge in [-0.15, -0.1) is 0 Å². The third-order valence-electron chi connectivity index (χ3n) is 3.95. The minimum Gasteiger partial charge on any atom is -0.748 e. The minimum absolute atomic E-state index is 0. The average Bonchev–Trinajstić information content (AvgIpc) is 2.42. The number of hydrogen-bond donors (Lipinski definition) is 1. The number of aliphatic hydroxyl groups is 1. The summed E-state index contributed by atoms with van der Waals surface area (Å²) in [7, 11) is -4.11. The molecule has 0 amide bonds. The molecule has 0 aliphatic heterocycles. The maximum atomic E-state index is 11.1. The first kappa shape index (κ1) is 25.1. The molecule has 0 spiro atoms. The van der Waals surface area contributed by atoms with Crippen LogP contribution in [0.3, 0.4) is 0 Å². The van der Waals surface area contributed by atoms with Crippen molar-refractivity contribution in [1.82, 2.24) is 0 Å². The Hall–Kier alpha value is 0.870. The minimum atomic E-state index is -4.11. The zero-order chi connectivity index (χ0) is 16.0. The second-order valence-electron chi connectivity index (χ2n) is 5.95. The van der Waals surface area contributed by atoms with E-state index < -0.39 is 15.4 Å². The zero-order valence-corrected chi connectivity index (χ0v) is 17.4. The van der Waals surface area contributed by atoms with E-state index in [1.165, 1.54) is 32.1 Å². The molecule has 6 heteroatoms. The van der Waals surface area contributed by atoms with Gasteiger partial charge in [0.15, 0.2) is 0 Å². The largest absolute Gasteiger partial charge is 1.00 e. The summed E-state index contributed by atoms with van der Waals surface area (Å²) >= 11 is 0. The van der Waals surface area contributed by atoms with Crippen molar-refractivity contribution in [2.45, 2.75) is 95.6 Å². The summed E-state index contributed by atoms with van der Waals surface area (Å²) in [5.74, 6) is 0. The number of rotatable bonds is 15. The summed E-state index contributed by atoms with van der Waals surface area (Å²) in [6, 6.07) is 0. The maximum absolute atomic E-state index is 11.1. The van der Waals surface area contributed by atoms with Gasteiger partial charge in [-0.3, -0.25) is 0 Å². The van der Waals surface area contributed by atoms with E-state index in [9.17, 15) is 13.0 Å². The van der Waals surface area contributed by atoms with Gasteiger partial charge in [0.25, 0.3) is 0 Å². The number of aliphatic hydroxyl groups excluding tert-OH is 1. The molecule has 0 fully saturated rings. The Morgan fingerprint density at radius 2 is 1.23 bits per heavy atom. The smallest absolute Gasteiger partial charge is 0.748 e. The van der Waals surface area contributed by atoms with Crippen LogP contribution in [0.4, 0.5) is 0 Å². The summed E-state index contributed by atoms with van der Waals surface area (Å²) in [4.78, 5) is 0. The molecule has 1 atom stereocenters. The fourth-order valence-electron chi connectivity index (χ4n) is 2.65. The monoisotopic (exact) mass is 344 g/mol. The molecule has 0 aromatic rings. The Morgan fingerprint density at radius 1 is 0.818 bits per heavy atom. The molecule has 4 nitrogen and oxygen atoms in total. The standard InChI is InChI=1S/C16H34O4S.Na/c1-2-13-16(21(18,19)20)14-11-9-7-5-3-4-6-8-10-12-15-17;/h16-17H,2-15H2,1H3,(H,18,19,20);/q;+1/p-1. The summed E-state index contributed by atoms with van der Waals surface area (Å²) in [6.07, 6.45) is 13.0. The van der Waals surface area contributed by atoms with Crippen LogP contribution in [0.25, 0.3) is 0 Å². The summed E-state index contributed by atoms with van der Waals surface area (Å²) in [6.45, 7) is 2.22. The van der Waals surface area contributed by atoms with Crippen molar-refractivity contribution < 1.29 is 47.6 Å². The predicted molar refractivity (Wildman–Crippen MR) is 86.3 cm³/mol. The van der Waals surface area contributed by atoms with Crippen LogP contribution in [0.1, 0.15) is 90.4 Å². The van der Waals surface area contributed by atoms with E-state index in [4.69, 9.17) is 5.11 Å². The van der Waals surface area contributed by atoms with Crippen molar-refractivity contribution >= 4 is 10.1 Å². The number of unbranched alkanes of at least 4 members (excludes halogenated alkanes) is 9. The molecule has 0 saturated carbocycles. The van der Waals surface area contributed by atoms with Crippen LogP contribution in [0.5, 0.6) is 0 Å². The van der Waals surface area contributed by atoms with Crippen LogP contribution < -0.4 is 29.6 Å². The van der Waals surface area contributed by atoms with E-state index in [1.807, 2.05) is 6.92 Å². The second kappa shape index (κ2) is 16.7. The van der Waals surface area contributed by atoms with E-state index in [1.54, 1.807) is 0 Å². The van der Waals surface area contributed by atoms with Crippen molar-refractivity contribution in [3.8, 4) is 0 Å². The van der Waals surface area contributed by atoms with Crippen molar-refractivity contribution in [2.75, 3.05) is 6.61 Å². The fraction of sp³-hybridized carbons (Fsp3) is 1.00. The molecule has 0 saturated heterocycles. The first-order valence-corrected chi connectivity index (χ1v) is 10.0. The third-order valence-corrected chi connectivity index (χ3v) is 5.24. The normalized spacial score (nSPS) is 12.9. The molecule has 0 aromatic heterocycles. The first-order chi connectivity index (χ1) is 10.0. The van der Waals surface area contributed by atoms with E-state index in [-0.39, 0.29) is 29.6 Å². The molecule has 0 rings (SSSR count). The summed E-state index contributed by atoms with van der Waals surface area (Å²) < 4.78 is 33.2. The molecular weight excluding hydrogens is 311 g/mol.